The third-order valence-corrected chi connectivity index (χ3v) is 4.32. The van der Waals surface area contributed by atoms with Crippen molar-refractivity contribution < 1.29 is 4.79 Å². The minimum atomic E-state index is 0.0469. The van der Waals surface area contributed by atoms with E-state index in [9.17, 15) is 4.79 Å². The molecular weight excluding hydrogens is 292 g/mol. The second-order valence-electron chi connectivity index (χ2n) is 5.79. The Kier molecular flexibility index (Phi) is 3.53. The van der Waals surface area contributed by atoms with Crippen LogP contribution in [0.5, 0.6) is 0 Å². The summed E-state index contributed by atoms with van der Waals surface area (Å²) >= 11 is 0. The van der Waals surface area contributed by atoms with Gasteiger partial charge in [0.15, 0.2) is 0 Å². The van der Waals surface area contributed by atoms with E-state index in [4.69, 9.17) is 0 Å². The monoisotopic (exact) mass is 310 g/mol. The number of hydrogen-bond acceptors (Lipinski definition) is 4. The molecule has 1 fully saturated rings. The van der Waals surface area contributed by atoms with Crippen LogP contribution in [0.2, 0.25) is 0 Å². The molecule has 0 unspecified atom stereocenters. The van der Waals surface area contributed by atoms with Gasteiger partial charge in [0.05, 0.1) is 23.6 Å². The van der Waals surface area contributed by atoms with E-state index in [1.165, 1.54) is 6.33 Å². The lowest BCUT2D eigenvalue weighted by Crippen LogP contribution is -2.31. The van der Waals surface area contributed by atoms with Crippen molar-refractivity contribution in [2.24, 2.45) is 0 Å². The van der Waals surface area contributed by atoms with Crippen LogP contribution in [0.15, 0.2) is 36.9 Å². The van der Waals surface area contributed by atoms with Crippen LogP contribution in [0.25, 0.3) is 11.0 Å². The van der Waals surface area contributed by atoms with Gasteiger partial charge in [0.2, 0.25) is 5.91 Å². The average Bonchev–Trinajstić information content (AvgIpc) is 3.31. The molecule has 23 heavy (non-hydrogen) atoms. The fraction of sp³-hybridized carbons (Fsp3) is 0.375. The Labute approximate surface area is 133 Å². The van der Waals surface area contributed by atoms with E-state index in [-0.39, 0.29) is 11.9 Å². The first-order valence-corrected chi connectivity index (χ1v) is 7.88. The van der Waals surface area contributed by atoms with Crippen LogP contribution in [-0.2, 0) is 11.3 Å². The zero-order valence-electron chi connectivity index (χ0n) is 12.7. The van der Waals surface area contributed by atoms with Crippen LogP contribution >= 0.6 is 0 Å². The summed E-state index contributed by atoms with van der Waals surface area (Å²) in [6.45, 7) is 1.35. The van der Waals surface area contributed by atoms with E-state index < -0.39 is 0 Å². The zero-order valence-corrected chi connectivity index (χ0v) is 12.7. The molecule has 3 aromatic rings. The van der Waals surface area contributed by atoms with Crippen molar-refractivity contribution in [1.29, 1.82) is 0 Å². The van der Waals surface area contributed by atoms with E-state index in [0.29, 0.717) is 13.0 Å². The van der Waals surface area contributed by atoms with Crippen molar-refractivity contribution in [3.8, 4) is 0 Å². The fourth-order valence-electron chi connectivity index (χ4n) is 3.18. The summed E-state index contributed by atoms with van der Waals surface area (Å²) in [6, 6.07) is 8.01. The SMILES string of the molecule is O=C(CCn1cncn1)N1CCC[C@@H]1c1nc2ccccc2[nH]1. The van der Waals surface area contributed by atoms with Gasteiger partial charge in [-0.05, 0) is 25.0 Å². The molecule has 1 amide bonds. The normalized spacial score (nSPS) is 17.9. The molecule has 0 spiro atoms. The van der Waals surface area contributed by atoms with Gasteiger partial charge in [-0.25, -0.2) is 9.97 Å². The van der Waals surface area contributed by atoms with Gasteiger partial charge < -0.3 is 9.88 Å². The second-order valence-corrected chi connectivity index (χ2v) is 5.79. The maximum Gasteiger partial charge on any atom is 0.225 e. The third-order valence-electron chi connectivity index (χ3n) is 4.32. The van der Waals surface area contributed by atoms with Crippen molar-refractivity contribution in [3.05, 3.63) is 42.7 Å². The summed E-state index contributed by atoms with van der Waals surface area (Å²) in [5.41, 5.74) is 1.97. The summed E-state index contributed by atoms with van der Waals surface area (Å²) < 4.78 is 1.68. The highest BCUT2D eigenvalue weighted by molar-refractivity contribution is 5.78. The van der Waals surface area contributed by atoms with Gasteiger partial charge in [-0.1, -0.05) is 12.1 Å². The Morgan fingerprint density at radius 1 is 1.35 bits per heavy atom. The Morgan fingerprint density at radius 2 is 2.26 bits per heavy atom. The highest BCUT2D eigenvalue weighted by Crippen LogP contribution is 2.31. The molecule has 1 saturated heterocycles. The fourth-order valence-corrected chi connectivity index (χ4v) is 3.18. The summed E-state index contributed by atoms with van der Waals surface area (Å²) in [5, 5.41) is 4.04. The first-order chi connectivity index (χ1) is 11.3. The topological polar surface area (TPSA) is 79.7 Å². The number of para-hydroxylation sites is 2. The quantitative estimate of drug-likeness (QED) is 0.798. The van der Waals surface area contributed by atoms with Gasteiger partial charge in [0.1, 0.15) is 18.5 Å². The highest BCUT2D eigenvalue weighted by Gasteiger charge is 2.31. The molecule has 1 aromatic carbocycles. The molecule has 4 rings (SSSR count). The number of aryl methyl sites for hydroxylation is 1. The number of carbonyl (C=O) groups excluding carboxylic acids is 1. The molecule has 1 aliphatic rings. The molecular formula is C16H18N6O. The van der Waals surface area contributed by atoms with Gasteiger partial charge in [-0.15, -0.1) is 0 Å². The molecule has 0 aliphatic carbocycles. The Bertz CT molecular complexity index is 776. The van der Waals surface area contributed by atoms with Gasteiger partial charge in [0, 0.05) is 13.0 Å². The van der Waals surface area contributed by atoms with Crippen molar-refractivity contribution in [2.45, 2.75) is 31.8 Å². The molecule has 0 radical (unpaired) electrons. The van der Waals surface area contributed by atoms with Crippen molar-refractivity contribution in [1.82, 2.24) is 29.6 Å². The molecule has 1 atom stereocenters. The van der Waals surface area contributed by atoms with Crippen molar-refractivity contribution >= 4 is 16.9 Å². The van der Waals surface area contributed by atoms with Crippen LogP contribution in [0.1, 0.15) is 31.1 Å². The standard InChI is InChI=1S/C16H18N6O/c23-15(7-9-21-11-17-10-18-21)22-8-3-6-14(22)16-19-12-4-1-2-5-13(12)20-16/h1-2,4-5,10-11,14H,3,6-9H2,(H,19,20)/t14-/m1/s1. The minimum Gasteiger partial charge on any atom is -0.340 e. The highest BCUT2D eigenvalue weighted by atomic mass is 16.2. The molecule has 7 nitrogen and oxygen atoms in total. The first kappa shape index (κ1) is 13.9. The van der Waals surface area contributed by atoms with Crippen molar-refractivity contribution in [3.63, 3.8) is 0 Å². The number of amides is 1. The van der Waals surface area contributed by atoms with Crippen LogP contribution in [-0.4, -0.2) is 42.1 Å². The number of carbonyl (C=O) groups is 1. The van der Waals surface area contributed by atoms with Gasteiger partial charge in [0.25, 0.3) is 0 Å². The van der Waals surface area contributed by atoms with Gasteiger partial charge >= 0.3 is 0 Å². The minimum absolute atomic E-state index is 0.0469. The molecule has 1 aliphatic heterocycles. The maximum atomic E-state index is 12.6. The zero-order chi connectivity index (χ0) is 15.6. The van der Waals surface area contributed by atoms with E-state index in [1.54, 1.807) is 11.0 Å². The molecule has 7 heteroatoms. The number of H-pyrrole nitrogens is 1. The summed E-state index contributed by atoms with van der Waals surface area (Å²) in [4.78, 5) is 26.4. The Morgan fingerprint density at radius 3 is 3.09 bits per heavy atom. The van der Waals surface area contributed by atoms with Crippen LogP contribution in [0, 0.1) is 0 Å². The largest absolute Gasteiger partial charge is 0.340 e. The predicted octanol–water partition coefficient (Wildman–Crippen LogP) is 1.91. The van der Waals surface area contributed by atoms with E-state index in [0.717, 1.165) is 36.2 Å². The smallest absolute Gasteiger partial charge is 0.225 e. The van der Waals surface area contributed by atoms with E-state index in [1.807, 2.05) is 29.2 Å². The number of likely N-dealkylation sites (tertiary alicyclic amines) is 1. The number of nitrogens with zero attached hydrogens (tertiary/aromatic N) is 5. The number of imidazole rings is 1. The Balaban J connectivity index is 1.50. The number of nitrogens with one attached hydrogen (secondary N) is 1. The summed E-state index contributed by atoms with van der Waals surface area (Å²) in [5.74, 6) is 1.03. The van der Waals surface area contributed by atoms with Gasteiger partial charge in [-0.2, -0.15) is 5.10 Å². The predicted molar refractivity (Wildman–Crippen MR) is 84.4 cm³/mol. The number of aromatic nitrogens is 5. The first-order valence-electron chi connectivity index (χ1n) is 7.88. The molecule has 1 N–H and O–H groups in total. The maximum absolute atomic E-state index is 12.6. The number of hydrogen-bond donors (Lipinski definition) is 1. The van der Waals surface area contributed by atoms with E-state index in [2.05, 4.69) is 20.1 Å². The lowest BCUT2D eigenvalue weighted by molar-refractivity contribution is -0.132. The number of benzene rings is 1. The van der Waals surface area contributed by atoms with Crippen LogP contribution in [0.4, 0.5) is 0 Å². The molecule has 0 bridgehead atoms. The number of aromatic amines is 1. The lowest BCUT2D eigenvalue weighted by atomic mass is 10.2. The molecule has 2 aromatic heterocycles. The average molecular weight is 310 g/mol. The van der Waals surface area contributed by atoms with E-state index >= 15 is 0 Å². The summed E-state index contributed by atoms with van der Waals surface area (Å²) in [7, 11) is 0. The molecule has 118 valence electrons. The van der Waals surface area contributed by atoms with Crippen LogP contribution < -0.4 is 0 Å². The lowest BCUT2D eigenvalue weighted by Gasteiger charge is -2.23. The Hall–Kier alpha value is -2.70. The molecule has 0 saturated carbocycles. The van der Waals surface area contributed by atoms with Crippen molar-refractivity contribution in [2.75, 3.05) is 6.54 Å². The number of rotatable bonds is 4. The summed E-state index contributed by atoms with van der Waals surface area (Å²) in [6.07, 6.45) is 5.51. The second kappa shape index (κ2) is 5.83. The van der Waals surface area contributed by atoms with Crippen LogP contribution in [0.3, 0.4) is 0 Å². The third kappa shape index (κ3) is 2.69. The number of fused-ring (bicyclic) bond motifs is 1. The molecule has 3 heterocycles. The van der Waals surface area contributed by atoms with Gasteiger partial charge in [-0.3, -0.25) is 9.48 Å².